The van der Waals surface area contributed by atoms with Crippen LogP contribution >= 0.6 is 24.0 Å². The molecule has 1 aliphatic rings. The van der Waals surface area contributed by atoms with E-state index in [-0.39, 0.29) is 36.6 Å². The third kappa shape index (κ3) is 7.64. The van der Waals surface area contributed by atoms with E-state index in [2.05, 4.69) is 34.6 Å². The number of aliphatic hydroxyl groups is 1. The van der Waals surface area contributed by atoms with Gasteiger partial charge in [-0.2, -0.15) is 0 Å². The summed E-state index contributed by atoms with van der Waals surface area (Å²) in [6.07, 6.45) is 3.81. The van der Waals surface area contributed by atoms with Crippen LogP contribution in [0.2, 0.25) is 0 Å². The first-order valence-electron chi connectivity index (χ1n) is 11.3. The van der Waals surface area contributed by atoms with Crippen molar-refractivity contribution in [1.29, 1.82) is 0 Å². The number of guanidine groups is 1. The normalized spacial score (nSPS) is 15.5. The van der Waals surface area contributed by atoms with Gasteiger partial charge in [0.05, 0.1) is 26.3 Å². The predicted molar refractivity (Wildman–Crippen MR) is 142 cm³/mol. The smallest absolute Gasteiger partial charge is 0.191 e. The first-order valence-corrected chi connectivity index (χ1v) is 11.3. The molecule has 0 bridgehead atoms. The van der Waals surface area contributed by atoms with Crippen molar-refractivity contribution in [3.05, 3.63) is 65.2 Å². The number of benzene rings is 2. The molecule has 3 rings (SSSR count). The van der Waals surface area contributed by atoms with Gasteiger partial charge < -0.3 is 20.5 Å². The zero-order valence-electron chi connectivity index (χ0n) is 19.2. The molecule has 0 amide bonds. The van der Waals surface area contributed by atoms with E-state index in [1.165, 1.54) is 24.8 Å². The number of hydrogen-bond donors (Lipinski definition) is 3. The van der Waals surface area contributed by atoms with E-state index in [9.17, 15) is 5.11 Å². The molecule has 1 unspecified atom stereocenters. The SMILES string of the molecule is CCNC(=NCc1ccccc1CO)NCC(c1ccc(OC)cc1)N1CCCCC1.I. The van der Waals surface area contributed by atoms with E-state index in [4.69, 9.17) is 9.73 Å². The molecular formula is C25H37IN4O2. The van der Waals surface area contributed by atoms with E-state index >= 15 is 0 Å². The van der Waals surface area contributed by atoms with Crippen LogP contribution in [0, 0.1) is 0 Å². The summed E-state index contributed by atoms with van der Waals surface area (Å²) in [5.74, 6) is 1.68. The Kier molecular flexibility index (Phi) is 11.8. The number of likely N-dealkylation sites (tertiary alicyclic amines) is 1. The Morgan fingerprint density at radius 3 is 2.34 bits per heavy atom. The molecule has 32 heavy (non-hydrogen) atoms. The summed E-state index contributed by atoms with van der Waals surface area (Å²) < 4.78 is 5.34. The number of halogens is 1. The summed E-state index contributed by atoms with van der Waals surface area (Å²) in [6.45, 7) is 6.45. The highest BCUT2D eigenvalue weighted by Gasteiger charge is 2.22. The fourth-order valence-corrected chi connectivity index (χ4v) is 4.08. The Labute approximate surface area is 209 Å². The molecule has 0 saturated carbocycles. The number of ether oxygens (including phenoxy) is 1. The van der Waals surface area contributed by atoms with E-state index in [0.717, 1.165) is 49.0 Å². The maximum absolute atomic E-state index is 9.58. The van der Waals surface area contributed by atoms with Crippen LogP contribution in [-0.4, -0.2) is 49.3 Å². The van der Waals surface area contributed by atoms with Gasteiger partial charge in [0.15, 0.2) is 5.96 Å². The molecule has 0 radical (unpaired) electrons. The zero-order valence-corrected chi connectivity index (χ0v) is 21.5. The van der Waals surface area contributed by atoms with Gasteiger partial charge in [-0.1, -0.05) is 42.8 Å². The highest BCUT2D eigenvalue weighted by molar-refractivity contribution is 14.0. The quantitative estimate of drug-likeness (QED) is 0.249. The van der Waals surface area contributed by atoms with Gasteiger partial charge in [-0.15, -0.1) is 24.0 Å². The van der Waals surface area contributed by atoms with Crippen molar-refractivity contribution in [3.63, 3.8) is 0 Å². The number of aliphatic imine (C=N–C) groups is 1. The minimum Gasteiger partial charge on any atom is -0.497 e. The lowest BCUT2D eigenvalue weighted by molar-refractivity contribution is 0.164. The van der Waals surface area contributed by atoms with Crippen LogP contribution in [-0.2, 0) is 13.2 Å². The van der Waals surface area contributed by atoms with Crippen LogP contribution in [0.1, 0.15) is 48.9 Å². The summed E-state index contributed by atoms with van der Waals surface area (Å²) in [7, 11) is 1.70. The van der Waals surface area contributed by atoms with Gasteiger partial charge in [0.1, 0.15) is 5.75 Å². The summed E-state index contributed by atoms with van der Waals surface area (Å²) in [6, 6.07) is 16.6. The summed E-state index contributed by atoms with van der Waals surface area (Å²) in [4.78, 5) is 7.35. The molecule has 1 aliphatic heterocycles. The van der Waals surface area contributed by atoms with Crippen molar-refractivity contribution < 1.29 is 9.84 Å². The number of hydrogen-bond acceptors (Lipinski definition) is 4. The molecule has 1 fully saturated rings. The molecular weight excluding hydrogens is 515 g/mol. The minimum absolute atomic E-state index is 0. The van der Waals surface area contributed by atoms with Crippen LogP contribution in [0.3, 0.4) is 0 Å². The van der Waals surface area contributed by atoms with Crippen molar-refractivity contribution in [2.75, 3.05) is 33.3 Å². The second-order valence-corrected chi connectivity index (χ2v) is 7.89. The van der Waals surface area contributed by atoms with Crippen LogP contribution in [0.25, 0.3) is 0 Å². The predicted octanol–water partition coefficient (Wildman–Crippen LogP) is 4.09. The number of nitrogens with zero attached hydrogens (tertiary/aromatic N) is 2. The Morgan fingerprint density at radius 2 is 1.72 bits per heavy atom. The van der Waals surface area contributed by atoms with Gasteiger partial charge in [-0.25, -0.2) is 4.99 Å². The number of methoxy groups -OCH3 is 1. The third-order valence-corrected chi connectivity index (χ3v) is 5.84. The topological polar surface area (TPSA) is 69.1 Å². The van der Waals surface area contributed by atoms with Crippen LogP contribution in [0.15, 0.2) is 53.5 Å². The van der Waals surface area contributed by atoms with E-state index in [1.54, 1.807) is 7.11 Å². The molecule has 3 N–H and O–H groups in total. The lowest BCUT2D eigenvalue weighted by Gasteiger charge is -2.35. The van der Waals surface area contributed by atoms with E-state index < -0.39 is 0 Å². The Bertz CT molecular complexity index is 823. The lowest BCUT2D eigenvalue weighted by atomic mass is 10.0. The number of rotatable bonds is 9. The maximum Gasteiger partial charge on any atom is 0.191 e. The second-order valence-electron chi connectivity index (χ2n) is 7.89. The largest absolute Gasteiger partial charge is 0.497 e. The number of nitrogens with one attached hydrogen (secondary N) is 2. The average Bonchev–Trinajstić information content (AvgIpc) is 2.83. The maximum atomic E-state index is 9.58. The third-order valence-electron chi connectivity index (χ3n) is 5.84. The molecule has 0 spiro atoms. The standard InChI is InChI=1S/C25H36N4O2.HI/c1-3-26-25(27-17-21-9-5-6-10-22(21)19-30)28-18-24(29-15-7-4-8-16-29)20-11-13-23(31-2)14-12-20;/h5-6,9-14,24,30H,3-4,7-8,15-19H2,1-2H3,(H2,26,27,28);1H. The second kappa shape index (κ2) is 14.3. The zero-order chi connectivity index (χ0) is 21.9. The molecule has 6 nitrogen and oxygen atoms in total. The molecule has 1 saturated heterocycles. The summed E-state index contributed by atoms with van der Waals surface area (Å²) in [5.41, 5.74) is 3.26. The van der Waals surface area contributed by atoms with E-state index in [1.807, 2.05) is 36.4 Å². The van der Waals surface area contributed by atoms with Crippen molar-refractivity contribution in [2.45, 2.75) is 45.4 Å². The lowest BCUT2D eigenvalue weighted by Crippen LogP contribution is -2.44. The first kappa shape index (κ1) is 26.4. The number of piperidine rings is 1. The minimum atomic E-state index is 0. The van der Waals surface area contributed by atoms with Crippen LogP contribution < -0.4 is 15.4 Å². The summed E-state index contributed by atoms with van der Waals surface area (Å²) in [5, 5.41) is 16.5. The Morgan fingerprint density at radius 1 is 1.03 bits per heavy atom. The van der Waals surface area contributed by atoms with Gasteiger partial charge in [-0.3, -0.25) is 4.90 Å². The molecule has 176 valence electrons. The van der Waals surface area contributed by atoms with Gasteiger partial charge in [0.25, 0.3) is 0 Å². The van der Waals surface area contributed by atoms with Crippen molar-refractivity contribution >= 4 is 29.9 Å². The molecule has 1 atom stereocenters. The Balaban J connectivity index is 0.00000363. The average molecular weight is 553 g/mol. The van der Waals surface area contributed by atoms with Gasteiger partial charge >= 0.3 is 0 Å². The molecule has 7 heteroatoms. The van der Waals surface area contributed by atoms with Crippen molar-refractivity contribution in [1.82, 2.24) is 15.5 Å². The monoisotopic (exact) mass is 552 g/mol. The van der Waals surface area contributed by atoms with Crippen LogP contribution in [0.5, 0.6) is 5.75 Å². The van der Waals surface area contributed by atoms with Gasteiger partial charge in [0.2, 0.25) is 0 Å². The molecule has 1 heterocycles. The number of aliphatic hydroxyl groups excluding tert-OH is 1. The van der Waals surface area contributed by atoms with E-state index in [0.29, 0.717) is 6.54 Å². The molecule has 2 aromatic carbocycles. The molecule has 0 aromatic heterocycles. The molecule has 2 aromatic rings. The highest BCUT2D eigenvalue weighted by Crippen LogP contribution is 2.26. The fourth-order valence-electron chi connectivity index (χ4n) is 4.08. The van der Waals surface area contributed by atoms with Gasteiger partial charge in [-0.05, 0) is 61.7 Å². The Hall–Kier alpha value is -1.84. The fraction of sp³-hybridized carbons (Fsp3) is 0.480. The van der Waals surface area contributed by atoms with Crippen molar-refractivity contribution in [2.24, 2.45) is 4.99 Å². The molecule has 0 aliphatic carbocycles. The highest BCUT2D eigenvalue weighted by atomic mass is 127. The van der Waals surface area contributed by atoms with Crippen molar-refractivity contribution in [3.8, 4) is 5.75 Å². The van der Waals surface area contributed by atoms with Gasteiger partial charge in [0, 0.05) is 13.1 Å². The van der Waals surface area contributed by atoms with Crippen LogP contribution in [0.4, 0.5) is 0 Å². The first-order chi connectivity index (χ1) is 15.2. The summed E-state index contributed by atoms with van der Waals surface area (Å²) >= 11 is 0.